The Morgan fingerprint density at radius 3 is 2.46 bits per heavy atom. The molecule has 0 unspecified atom stereocenters. The summed E-state index contributed by atoms with van der Waals surface area (Å²) in [6, 6.07) is 1.72. The summed E-state index contributed by atoms with van der Waals surface area (Å²) in [7, 11) is 0. The molecule has 7 heteroatoms. The smallest absolute Gasteiger partial charge is 0.272 e. The van der Waals surface area contributed by atoms with Gasteiger partial charge in [0.25, 0.3) is 5.91 Å². The van der Waals surface area contributed by atoms with Crippen LogP contribution in [0.2, 0.25) is 0 Å². The van der Waals surface area contributed by atoms with E-state index >= 15 is 0 Å². The van der Waals surface area contributed by atoms with Gasteiger partial charge in [-0.05, 0) is 25.3 Å². The first-order valence-corrected chi connectivity index (χ1v) is 8.91. The van der Waals surface area contributed by atoms with E-state index in [0.717, 1.165) is 51.9 Å². The third-order valence-electron chi connectivity index (χ3n) is 5.13. The highest BCUT2D eigenvalue weighted by Crippen LogP contribution is 2.32. The summed E-state index contributed by atoms with van der Waals surface area (Å²) in [6.07, 6.45) is 6.67. The van der Waals surface area contributed by atoms with E-state index in [9.17, 15) is 4.79 Å². The van der Waals surface area contributed by atoms with Crippen molar-refractivity contribution in [2.75, 3.05) is 44.3 Å². The van der Waals surface area contributed by atoms with Crippen LogP contribution < -0.4 is 4.90 Å². The molecule has 0 bridgehead atoms. The van der Waals surface area contributed by atoms with Gasteiger partial charge in [0.15, 0.2) is 5.79 Å². The number of nitrogens with zero attached hydrogens (tertiary/aromatic N) is 4. The molecule has 1 aromatic heterocycles. The Hall–Kier alpha value is -1.73. The van der Waals surface area contributed by atoms with E-state index < -0.39 is 5.79 Å². The van der Waals surface area contributed by atoms with Gasteiger partial charge in [0.05, 0.1) is 13.2 Å². The van der Waals surface area contributed by atoms with Crippen molar-refractivity contribution in [3.8, 4) is 0 Å². The predicted molar refractivity (Wildman–Crippen MR) is 87.9 cm³/mol. The highest BCUT2D eigenvalue weighted by molar-refractivity contribution is 5.92. The van der Waals surface area contributed by atoms with Gasteiger partial charge in [0, 0.05) is 45.2 Å². The second-order valence-corrected chi connectivity index (χ2v) is 6.69. The van der Waals surface area contributed by atoms with Crippen LogP contribution in [0, 0.1) is 0 Å². The minimum Gasteiger partial charge on any atom is -0.347 e. The summed E-state index contributed by atoms with van der Waals surface area (Å²) >= 11 is 0. The van der Waals surface area contributed by atoms with Crippen molar-refractivity contribution in [2.45, 2.75) is 37.9 Å². The summed E-state index contributed by atoms with van der Waals surface area (Å²) in [5.74, 6) is 0.248. The quantitative estimate of drug-likeness (QED) is 0.816. The Bertz CT molecular complexity index is 587. The normalized spacial score (nSPS) is 23.7. The molecule has 0 N–H and O–H groups in total. The van der Waals surface area contributed by atoms with Crippen LogP contribution in [0.1, 0.15) is 42.6 Å². The average Bonchev–Trinajstić information content (AvgIpc) is 3.10. The molecule has 130 valence electrons. The topological polar surface area (TPSA) is 67.8 Å². The van der Waals surface area contributed by atoms with Crippen LogP contribution in [0.15, 0.2) is 12.3 Å². The van der Waals surface area contributed by atoms with Gasteiger partial charge in [-0.3, -0.25) is 4.79 Å². The number of ether oxygens (including phenoxy) is 2. The van der Waals surface area contributed by atoms with Gasteiger partial charge in [0.1, 0.15) is 5.69 Å². The summed E-state index contributed by atoms with van der Waals surface area (Å²) in [5, 5.41) is 0. The molecule has 3 aliphatic heterocycles. The van der Waals surface area contributed by atoms with Crippen molar-refractivity contribution in [3.05, 3.63) is 18.0 Å². The summed E-state index contributed by atoms with van der Waals surface area (Å²) in [5.41, 5.74) is 0.496. The summed E-state index contributed by atoms with van der Waals surface area (Å²) < 4.78 is 11.5. The number of piperidine rings is 2. The number of amides is 1. The molecule has 24 heavy (non-hydrogen) atoms. The van der Waals surface area contributed by atoms with Crippen LogP contribution in [0.5, 0.6) is 0 Å². The molecule has 3 fully saturated rings. The van der Waals surface area contributed by atoms with E-state index in [1.165, 1.54) is 6.42 Å². The predicted octanol–water partition coefficient (Wildman–Crippen LogP) is 1.45. The molecule has 0 aromatic carbocycles. The summed E-state index contributed by atoms with van der Waals surface area (Å²) in [4.78, 5) is 25.5. The highest BCUT2D eigenvalue weighted by Gasteiger charge is 2.40. The molecule has 3 aliphatic rings. The van der Waals surface area contributed by atoms with Crippen molar-refractivity contribution in [1.29, 1.82) is 0 Å². The van der Waals surface area contributed by atoms with E-state index in [-0.39, 0.29) is 5.91 Å². The van der Waals surface area contributed by atoms with E-state index in [2.05, 4.69) is 14.9 Å². The highest BCUT2D eigenvalue weighted by atomic mass is 16.7. The maximum Gasteiger partial charge on any atom is 0.272 e. The molecule has 0 atom stereocenters. The lowest BCUT2D eigenvalue weighted by Crippen LogP contribution is -2.46. The van der Waals surface area contributed by atoms with Gasteiger partial charge in [-0.25, -0.2) is 9.97 Å². The number of hydrogen-bond donors (Lipinski definition) is 0. The third-order valence-corrected chi connectivity index (χ3v) is 5.13. The second kappa shape index (κ2) is 6.64. The Morgan fingerprint density at radius 1 is 1.04 bits per heavy atom. The van der Waals surface area contributed by atoms with E-state index in [0.29, 0.717) is 24.9 Å². The van der Waals surface area contributed by atoms with Crippen molar-refractivity contribution >= 4 is 11.9 Å². The Labute approximate surface area is 142 Å². The monoisotopic (exact) mass is 332 g/mol. The zero-order valence-electron chi connectivity index (χ0n) is 13.9. The molecule has 1 amide bonds. The number of rotatable bonds is 2. The number of carbonyl (C=O) groups excluding carboxylic acids is 1. The maximum absolute atomic E-state index is 12.6. The van der Waals surface area contributed by atoms with Crippen LogP contribution in [-0.4, -0.2) is 66.0 Å². The first kappa shape index (κ1) is 15.8. The molecule has 0 radical (unpaired) electrons. The van der Waals surface area contributed by atoms with Gasteiger partial charge >= 0.3 is 0 Å². The number of hydrogen-bond acceptors (Lipinski definition) is 6. The minimum absolute atomic E-state index is 0.0225. The van der Waals surface area contributed by atoms with Gasteiger partial charge in [0.2, 0.25) is 5.95 Å². The first-order valence-electron chi connectivity index (χ1n) is 8.91. The fourth-order valence-electron chi connectivity index (χ4n) is 3.71. The Morgan fingerprint density at radius 2 is 1.75 bits per heavy atom. The van der Waals surface area contributed by atoms with Gasteiger partial charge < -0.3 is 19.3 Å². The van der Waals surface area contributed by atoms with Crippen LogP contribution in [0.4, 0.5) is 5.95 Å². The molecule has 0 aliphatic carbocycles. The van der Waals surface area contributed by atoms with Gasteiger partial charge in [-0.1, -0.05) is 0 Å². The van der Waals surface area contributed by atoms with Gasteiger partial charge in [-0.2, -0.15) is 0 Å². The molecule has 7 nitrogen and oxygen atoms in total. The molecular weight excluding hydrogens is 308 g/mol. The summed E-state index contributed by atoms with van der Waals surface area (Å²) in [6.45, 7) is 4.58. The number of likely N-dealkylation sites (tertiary alicyclic amines) is 1. The number of carbonyl (C=O) groups is 1. The van der Waals surface area contributed by atoms with Crippen LogP contribution in [0.3, 0.4) is 0 Å². The third kappa shape index (κ3) is 3.10. The van der Waals surface area contributed by atoms with Crippen molar-refractivity contribution in [2.24, 2.45) is 0 Å². The first-order chi connectivity index (χ1) is 11.8. The maximum atomic E-state index is 12.6. The second-order valence-electron chi connectivity index (χ2n) is 6.69. The minimum atomic E-state index is -0.405. The van der Waals surface area contributed by atoms with Crippen molar-refractivity contribution in [1.82, 2.24) is 14.9 Å². The van der Waals surface area contributed by atoms with Crippen molar-refractivity contribution in [3.63, 3.8) is 0 Å². The largest absolute Gasteiger partial charge is 0.347 e. The van der Waals surface area contributed by atoms with Crippen LogP contribution in [-0.2, 0) is 9.47 Å². The molecule has 0 saturated carbocycles. The average molecular weight is 332 g/mol. The zero-order chi connectivity index (χ0) is 16.4. The van der Waals surface area contributed by atoms with Crippen LogP contribution >= 0.6 is 0 Å². The molecule has 4 heterocycles. The number of anilines is 1. The van der Waals surface area contributed by atoms with E-state index in [1.807, 2.05) is 4.90 Å². The molecule has 4 rings (SSSR count). The Balaban J connectivity index is 1.44. The molecular formula is C17H24N4O3. The fourth-order valence-corrected chi connectivity index (χ4v) is 3.71. The van der Waals surface area contributed by atoms with E-state index in [4.69, 9.17) is 9.47 Å². The SMILES string of the molecule is O=C(c1ccnc(N2CCC3(CC2)OCCO3)n1)N1CCCCC1. The lowest BCUT2D eigenvalue weighted by Gasteiger charge is -2.37. The lowest BCUT2D eigenvalue weighted by molar-refractivity contribution is -0.169. The Kier molecular flexibility index (Phi) is 4.37. The fraction of sp³-hybridized carbons (Fsp3) is 0.706. The molecule has 1 spiro atoms. The zero-order valence-corrected chi connectivity index (χ0v) is 13.9. The van der Waals surface area contributed by atoms with E-state index in [1.54, 1.807) is 12.3 Å². The lowest BCUT2D eigenvalue weighted by atomic mass is 10.0. The number of aromatic nitrogens is 2. The molecule has 1 aromatic rings. The van der Waals surface area contributed by atoms with Gasteiger partial charge in [-0.15, -0.1) is 0 Å². The molecule has 3 saturated heterocycles. The van der Waals surface area contributed by atoms with Crippen LogP contribution in [0.25, 0.3) is 0 Å². The standard InChI is InChI=1S/C17H24N4O3/c22-15(20-8-2-1-3-9-20)14-4-7-18-16(19-14)21-10-5-17(6-11-21)23-12-13-24-17/h4,7H,1-3,5-6,8-13H2. The van der Waals surface area contributed by atoms with Crippen molar-refractivity contribution < 1.29 is 14.3 Å².